The van der Waals surface area contributed by atoms with Crippen LogP contribution in [0.25, 0.3) is 0 Å². The number of anilines is 1. The number of hydrogen-bond donors (Lipinski definition) is 1. The third-order valence-corrected chi connectivity index (χ3v) is 6.44. The van der Waals surface area contributed by atoms with Crippen LogP contribution < -0.4 is 10.1 Å². The van der Waals surface area contributed by atoms with Gasteiger partial charge in [0.2, 0.25) is 11.8 Å². The van der Waals surface area contributed by atoms with Gasteiger partial charge in [0.1, 0.15) is 11.6 Å². The molecule has 0 saturated carbocycles. The number of halogens is 2. The minimum atomic E-state index is -0.614. The summed E-state index contributed by atoms with van der Waals surface area (Å²) >= 11 is 6.20. The summed E-state index contributed by atoms with van der Waals surface area (Å²) in [6.07, 6.45) is 3.69. The van der Waals surface area contributed by atoms with E-state index in [0.717, 1.165) is 42.5 Å². The van der Waals surface area contributed by atoms with Crippen molar-refractivity contribution >= 4 is 23.3 Å². The van der Waals surface area contributed by atoms with Gasteiger partial charge in [-0.15, -0.1) is 0 Å². The number of aromatic nitrogens is 2. The van der Waals surface area contributed by atoms with Crippen LogP contribution in [0.3, 0.4) is 0 Å². The fourth-order valence-corrected chi connectivity index (χ4v) is 4.43. The molecular formula is C21H24ClFN4O2. The minimum absolute atomic E-state index is 0.0955. The molecule has 1 fully saturated rings. The molecule has 0 aliphatic carbocycles. The Morgan fingerprint density at radius 1 is 1.41 bits per heavy atom. The molecule has 6 nitrogen and oxygen atoms in total. The van der Waals surface area contributed by atoms with E-state index in [1.165, 1.54) is 13.2 Å². The maximum absolute atomic E-state index is 14.3. The third kappa shape index (κ3) is 3.64. The summed E-state index contributed by atoms with van der Waals surface area (Å²) < 4.78 is 19.3. The second-order valence-corrected chi connectivity index (χ2v) is 8.36. The average molecular weight is 419 g/mol. The first-order valence-electron chi connectivity index (χ1n) is 9.74. The molecule has 1 unspecified atom stereocenters. The molecule has 1 amide bonds. The van der Waals surface area contributed by atoms with E-state index in [1.807, 2.05) is 17.9 Å². The molecule has 2 aromatic rings. The molecule has 1 spiro atoms. The molecule has 0 aromatic carbocycles. The maximum Gasteiger partial charge on any atom is 0.230 e. The van der Waals surface area contributed by atoms with Crippen LogP contribution in [0, 0.1) is 12.7 Å². The van der Waals surface area contributed by atoms with E-state index in [2.05, 4.69) is 15.3 Å². The normalized spacial score (nSPS) is 21.6. The third-order valence-electron chi connectivity index (χ3n) is 6.06. The molecule has 2 atom stereocenters. The van der Waals surface area contributed by atoms with E-state index in [0.29, 0.717) is 29.6 Å². The summed E-state index contributed by atoms with van der Waals surface area (Å²) in [5.41, 5.74) is 1.99. The summed E-state index contributed by atoms with van der Waals surface area (Å²) in [4.78, 5) is 23.4. The predicted octanol–water partition coefficient (Wildman–Crippen LogP) is 3.72. The second-order valence-electron chi connectivity index (χ2n) is 7.95. The topological polar surface area (TPSA) is 67.3 Å². The van der Waals surface area contributed by atoms with Gasteiger partial charge in [-0.05, 0) is 44.7 Å². The standard InChI is InChI=1S/C21H24ClFN4O2/c1-12(15-9-18(29-3)24-10-17(15)23)20(28)27-7-6-21(11-27)5-4-14-8-16(22)13(2)25-19(14)26-21/h8-10,12H,4-7,11H2,1-3H3,(H,25,26)/t12-,21?/m1/s1. The summed E-state index contributed by atoms with van der Waals surface area (Å²) in [5.74, 6) is -0.0594. The van der Waals surface area contributed by atoms with Crippen molar-refractivity contribution in [1.82, 2.24) is 14.9 Å². The number of hydrogen-bond acceptors (Lipinski definition) is 5. The summed E-state index contributed by atoms with van der Waals surface area (Å²) in [7, 11) is 1.47. The molecule has 4 rings (SSSR count). The van der Waals surface area contributed by atoms with Gasteiger partial charge in [0.15, 0.2) is 0 Å². The van der Waals surface area contributed by atoms with Crippen molar-refractivity contribution in [2.45, 2.75) is 44.6 Å². The fourth-order valence-electron chi connectivity index (χ4n) is 4.26. The van der Waals surface area contributed by atoms with Gasteiger partial charge in [-0.1, -0.05) is 11.6 Å². The lowest BCUT2D eigenvalue weighted by atomic mass is 9.86. The molecule has 154 valence electrons. The van der Waals surface area contributed by atoms with Gasteiger partial charge >= 0.3 is 0 Å². The summed E-state index contributed by atoms with van der Waals surface area (Å²) in [6, 6.07) is 3.47. The number of likely N-dealkylation sites (tertiary alicyclic amines) is 1. The van der Waals surface area contributed by atoms with Crippen molar-refractivity contribution in [1.29, 1.82) is 0 Å². The fraction of sp³-hybridized carbons (Fsp3) is 0.476. The monoisotopic (exact) mass is 418 g/mol. The Morgan fingerprint density at radius 2 is 2.21 bits per heavy atom. The van der Waals surface area contributed by atoms with Crippen LogP contribution in [0.1, 0.15) is 42.5 Å². The van der Waals surface area contributed by atoms with Crippen LogP contribution in [0.5, 0.6) is 5.88 Å². The minimum Gasteiger partial charge on any atom is -0.481 e. The second kappa shape index (κ2) is 7.44. The molecule has 2 aliphatic heterocycles. The van der Waals surface area contributed by atoms with Crippen molar-refractivity contribution in [2.75, 3.05) is 25.5 Å². The van der Waals surface area contributed by atoms with E-state index < -0.39 is 11.7 Å². The van der Waals surface area contributed by atoms with Crippen LogP contribution in [0.15, 0.2) is 18.3 Å². The molecule has 1 saturated heterocycles. The van der Waals surface area contributed by atoms with E-state index in [-0.39, 0.29) is 11.4 Å². The number of pyridine rings is 2. The predicted molar refractivity (Wildman–Crippen MR) is 109 cm³/mol. The summed E-state index contributed by atoms with van der Waals surface area (Å²) in [5, 5.41) is 4.24. The van der Waals surface area contributed by atoms with Crippen LogP contribution in [0.4, 0.5) is 10.2 Å². The van der Waals surface area contributed by atoms with E-state index in [9.17, 15) is 9.18 Å². The highest BCUT2D eigenvalue weighted by atomic mass is 35.5. The lowest BCUT2D eigenvalue weighted by Crippen LogP contribution is -2.46. The maximum atomic E-state index is 14.3. The van der Waals surface area contributed by atoms with Crippen molar-refractivity contribution in [3.05, 3.63) is 46.0 Å². The highest BCUT2D eigenvalue weighted by Crippen LogP contribution is 2.38. The zero-order chi connectivity index (χ0) is 20.8. The van der Waals surface area contributed by atoms with Crippen LogP contribution in [0.2, 0.25) is 5.02 Å². The first kappa shape index (κ1) is 19.9. The molecule has 0 radical (unpaired) electrons. The van der Waals surface area contributed by atoms with Crippen molar-refractivity contribution in [2.24, 2.45) is 0 Å². The smallest absolute Gasteiger partial charge is 0.230 e. The molecule has 4 heterocycles. The SMILES string of the molecule is COc1cc([C@@H](C)C(=O)N2CCC3(CCc4cc(Cl)c(C)nc4N3)C2)c(F)cn1. The van der Waals surface area contributed by atoms with Crippen LogP contribution in [-0.2, 0) is 11.2 Å². The van der Waals surface area contributed by atoms with Gasteiger partial charge in [-0.2, -0.15) is 0 Å². The van der Waals surface area contributed by atoms with E-state index >= 15 is 0 Å². The lowest BCUT2D eigenvalue weighted by molar-refractivity contribution is -0.131. The Morgan fingerprint density at radius 3 is 2.97 bits per heavy atom. The molecule has 0 bridgehead atoms. The number of ether oxygens (including phenoxy) is 1. The molecular weight excluding hydrogens is 395 g/mol. The zero-order valence-corrected chi connectivity index (χ0v) is 17.5. The first-order chi connectivity index (χ1) is 13.8. The number of methoxy groups -OCH3 is 1. The van der Waals surface area contributed by atoms with Crippen molar-refractivity contribution in [3.63, 3.8) is 0 Å². The molecule has 2 aromatic heterocycles. The number of rotatable bonds is 3. The van der Waals surface area contributed by atoms with E-state index in [4.69, 9.17) is 16.3 Å². The van der Waals surface area contributed by atoms with Gasteiger partial charge < -0.3 is 15.0 Å². The quantitative estimate of drug-likeness (QED) is 0.822. The lowest BCUT2D eigenvalue weighted by Gasteiger charge is -2.36. The van der Waals surface area contributed by atoms with E-state index in [1.54, 1.807) is 6.92 Å². The molecule has 2 aliphatic rings. The number of carbonyl (C=O) groups excluding carboxylic acids is 1. The molecule has 29 heavy (non-hydrogen) atoms. The number of amides is 1. The number of aryl methyl sites for hydroxylation is 2. The largest absolute Gasteiger partial charge is 0.481 e. The Kier molecular flexibility index (Phi) is 5.11. The average Bonchev–Trinajstić information content (AvgIpc) is 3.12. The Hall–Kier alpha value is -2.41. The molecule has 1 N–H and O–H groups in total. The van der Waals surface area contributed by atoms with Gasteiger partial charge in [0.25, 0.3) is 0 Å². The van der Waals surface area contributed by atoms with Crippen molar-refractivity contribution in [3.8, 4) is 5.88 Å². The van der Waals surface area contributed by atoms with Gasteiger partial charge in [-0.25, -0.2) is 14.4 Å². The highest BCUT2D eigenvalue weighted by Gasteiger charge is 2.43. The number of fused-ring (bicyclic) bond motifs is 1. The molecule has 8 heteroatoms. The Labute approximate surface area is 174 Å². The zero-order valence-electron chi connectivity index (χ0n) is 16.8. The first-order valence-corrected chi connectivity index (χ1v) is 10.1. The van der Waals surface area contributed by atoms with Crippen molar-refractivity contribution < 1.29 is 13.9 Å². The van der Waals surface area contributed by atoms with Gasteiger partial charge in [0.05, 0.1) is 35.5 Å². The van der Waals surface area contributed by atoms with Crippen LogP contribution >= 0.6 is 11.6 Å². The number of nitrogens with zero attached hydrogens (tertiary/aromatic N) is 3. The Balaban J connectivity index is 1.51. The van der Waals surface area contributed by atoms with Gasteiger partial charge in [-0.3, -0.25) is 4.79 Å². The highest BCUT2D eigenvalue weighted by molar-refractivity contribution is 6.31. The van der Waals surface area contributed by atoms with Gasteiger partial charge in [0, 0.05) is 24.7 Å². The number of nitrogens with one attached hydrogen (secondary N) is 1. The number of carbonyl (C=O) groups is 1. The summed E-state index contributed by atoms with van der Waals surface area (Å²) in [6.45, 7) is 4.81. The Bertz CT molecular complexity index is 970. The van der Waals surface area contributed by atoms with Crippen LogP contribution in [-0.4, -0.2) is 46.5 Å².